The molecule has 2 aliphatic rings. The second kappa shape index (κ2) is 5.40. The first-order valence-electron chi connectivity index (χ1n) is 7.14. The van der Waals surface area contributed by atoms with E-state index in [1.54, 1.807) is 17.0 Å². The number of nitrogens with zero attached hydrogens (tertiary/aromatic N) is 1. The van der Waals surface area contributed by atoms with Crippen molar-refractivity contribution in [2.24, 2.45) is 0 Å². The summed E-state index contributed by atoms with van der Waals surface area (Å²) in [7, 11) is 0. The van der Waals surface area contributed by atoms with Crippen LogP contribution in [0.4, 0.5) is 9.18 Å². The van der Waals surface area contributed by atoms with E-state index in [1.807, 2.05) is 0 Å². The number of rotatable bonds is 5. The monoisotopic (exact) mass is 278 g/mol. The molecule has 0 bridgehead atoms. The molecule has 20 heavy (non-hydrogen) atoms. The van der Waals surface area contributed by atoms with Crippen LogP contribution in [0.1, 0.15) is 37.4 Å². The van der Waals surface area contributed by atoms with Gasteiger partial charge in [0.15, 0.2) is 0 Å². The fourth-order valence-electron chi connectivity index (χ4n) is 2.25. The number of halogens is 1. The summed E-state index contributed by atoms with van der Waals surface area (Å²) >= 11 is 0. The quantitative estimate of drug-likeness (QED) is 0.867. The van der Waals surface area contributed by atoms with Crippen LogP contribution in [-0.2, 0) is 0 Å². The maximum atomic E-state index is 12.9. The van der Waals surface area contributed by atoms with Crippen molar-refractivity contribution >= 4 is 6.03 Å². The fourth-order valence-corrected chi connectivity index (χ4v) is 2.25. The lowest BCUT2D eigenvalue weighted by molar-refractivity contribution is 0.117. The van der Waals surface area contributed by atoms with E-state index in [-0.39, 0.29) is 24.4 Å². The van der Waals surface area contributed by atoms with Gasteiger partial charge in [-0.15, -0.1) is 0 Å². The molecule has 2 saturated carbocycles. The van der Waals surface area contributed by atoms with Gasteiger partial charge in [-0.2, -0.15) is 0 Å². The van der Waals surface area contributed by atoms with Gasteiger partial charge < -0.3 is 15.3 Å². The molecule has 1 atom stereocenters. The third kappa shape index (κ3) is 3.28. The fraction of sp³-hybridized carbons (Fsp3) is 0.533. The minimum Gasteiger partial charge on any atom is -0.387 e. The summed E-state index contributed by atoms with van der Waals surface area (Å²) in [5, 5.41) is 13.2. The number of aliphatic hydroxyl groups is 1. The van der Waals surface area contributed by atoms with E-state index in [0.29, 0.717) is 11.6 Å². The number of urea groups is 1. The summed E-state index contributed by atoms with van der Waals surface area (Å²) in [5.74, 6) is -0.327. The molecule has 0 spiro atoms. The first-order valence-corrected chi connectivity index (χ1v) is 7.14. The van der Waals surface area contributed by atoms with E-state index in [9.17, 15) is 14.3 Å². The molecule has 2 N–H and O–H groups in total. The zero-order chi connectivity index (χ0) is 14.1. The van der Waals surface area contributed by atoms with Crippen LogP contribution in [0.3, 0.4) is 0 Å². The molecule has 3 rings (SSSR count). The van der Waals surface area contributed by atoms with Crippen molar-refractivity contribution in [3.05, 3.63) is 35.6 Å². The van der Waals surface area contributed by atoms with E-state index < -0.39 is 6.10 Å². The van der Waals surface area contributed by atoms with Crippen LogP contribution in [-0.4, -0.2) is 34.7 Å². The number of amides is 2. The molecule has 4 nitrogen and oxygen atoms in total. The van der Waals surface area contributed by atoms with Gasteiger partial charge in [0.05, 0.1) is 12.6 Å². The van der Waals surface area contributed by atoms with Crippen LogP contribution in [0.25, 0.3) is 0 Å². The average molecular weight is 278 g/mol. The van der Waals surface area contributed by atoms with Gasteiger partial charge in [0.1, 0.15) is 5.82 Å². The first kappa shape index (κ1) is 13.4. The highest BCUT2D eigenvalue weighted by Crippen LogP contribution is 2.30. The van der Waals surface area contributed by atoms with Gasteiger partial charge in [0.2, 0.25) is 0 Å². The first-order chi connectivity index (χ1) is 9.63. The van der Waals surface area contributed by atoms with Crippen molar-refractivity contribution in [1.29, 1.82) is 0 Å². The molecule has 108 valence electrons. The molecular formula is C15H19FN2O2. The van der Waals surface area contributed by atoms with Crippen molar-refractivity contribution < 1.29 is 14.3 Å². The molecule has 0 heterocycles. The van der Waals surface area contributed by atoms with Gasteiger partial charge in [-0.3, -0.25) is 0 Å². The Morgan fingerprint density at radius 3 is 2.50 bits per heavy atom. The Morgan fingerprint density at radius 2 is 1.95 bits per heavy atom. The van der Waals surface area contributed by atoms with E-state index in [1.165, 1.54) is 12.1 Å². The Hall–Kier alpha value is -1.62. The van der Waals surface area contributed by atoms with Crippen molar-refractivity contribution in [3.8, 4) is 0 Å². The summed E-state index contributed by atoms with van der Waals surface area (Å²) < 4.78 is 12.9. The molecule has 0 radical (unpaired) electrons. The number of hydrogen-bond acceptors (Lipinski definition) is 2. The number of benzene rings is 1. The van der Waals surface area contributed by atoms with Gasteiger partial charge in [-0.1, -0.05) is 12.1 Å². The Labute approximate surface area is 117 Å². The maximum Gasteiger partial charge on any atom is 0.317 e. The number of hydrogen-bond donors (Lipinski definition) is 2. The van der Waals surface area contributed by atoms with Gasteiger partial charge >= 0.3 is 6.03 Å². The highest BCUT2D eigenvalue weighted by atomic mass is 19.1. The summed E-state index contributed by atoms with van der Waals surface area (Å²) in [6, 6.07) is 6.23. The topological polar surface area (TPSA) is 52.6 Å². The van der Waals surface area contributed by atoms with Gasteiger partial charge in [-0.05, 0) is 43.4 Å². The Kier molecular flexibility index (Phi) is 3.61. The van der Waals surface area contributed by atoms with Gasteiger partial charge in [0, 0.05) is 12.1 Å². The van der Waals surface area contributed by atoms with Crippen molar-refractivity contribution in [3.63, 3.8) is 0 Å². The third-order valence-corrected chi connectivity index (χ3v) is 3.78. The van der Waals surface area contributed by atoms with Crippen molar-refractivity contribution in [2.45, 2.75) is 43.9 Å². The normalized spacial score (nSPS) is 19.5. The molecule has 0 saturated heterocycles. The van der Waals surface area contributed by atoms with E-state index in [0.717, 1.165) is 25.7 Å². The highest BCUT2D eigenvalue weighted by Gasteiger charge is 2.36. The third-order valence-electron chi connectivity index (χ3n) is 3.78. The number of nitrogens with one attached hydrogen (secondary N) is 1. The molecule has 1 aromatic rings. The lowest BCUT2D eigenvalue weighted by atomic mass is 10.1. The minimum absolute atomic E-state index is 0.0869. The van der Waals surface area contributed by atoms with Crippen LogP contribution < -0.4 is 5.32 Å². The van der Waals surface area contributed by atoms with Crippen LogP contribution in [0.2, 0.25) is 0 Å². The van der Waals surface area contributed by atoms with E-state index in [2.05, 4.69) is 5.32 Å². The zero-order valence-corrected chi connectivity index (χ0v) is 11.3. The SMILES string of the molecule is O=C(NC1CC1)N(CC(O)c1ccc(F)cc1)C1CC1. The molecular weight excluding hydrogens is 259 g/mol. The molecule has 1 unspecified atom stereocenters. The number of aliphatic hydroxyl groups excluding tert-OH is 1. The predicted molar refractivity (Wildman–Crippen MR) is 72.6 cm³/mol. The zero-order valence-electron chi connectivity index (χ0n) is 11.3. The summed E-state index contributed by atoms with van der Waals surface area (Å²) in [6.45, 7) is 0.259. The largest absolute Gasteiger partial charge is 0.387 e. The molecule has 2 amide bonds. The molecule has 2 aliphatic carbocycles. The molecule has 0 aromatic heterocycles. The number of carbonyl (C=O) groups excluding carboxylic acids is 1. The smallest absolute Gasteiger partial charge is 0.317 e. The van der Waals surface area contributed by atoms with E-state index >= 15 is 0 Å². The minimum atomic E-state index is -0.777. The standard InChI is InChI=1S/C15H19FN2O2/c16-11-3-1-10(2-4-11)14(19)9-18(13-7-8-13)15(20)17-12-5-6-12/h1-4,12-14,19H,5-9H2,(H,17,20). The van der Waals surface area contributed by atoms with Crippen LogP contribution in [0.5, 0.6) is 0 Å². The summed E-state index contributed by atoms with van der Waals surface area (Å²) in [6.07, 6.45) is 3.30. The average Bonchev–Trinajstić information content (AvgIpc) is 3.30. The highest BCUT2D eigenvalue weighted by molar-refractivity contribution is 5.75. The van der Waals surface area contributed by atoms with E-state index in [4.69, 9.17) is 0 Å². The van der Waals surface area contributed by atoms with Gasteiger partial charge in [-0.25, -0.2) is 9.18 Å². The second-order valence-electron chi connectivity index (χ2n) is 5.67. The molecule has 5 heteroatoms. The van der Waals surface area contributed by atoms with Crippen LogP contribution in [0.15, 0.2) is 24.3 Å². The lowest BCUT2D eigenvalue weighted by Gasteiger charge is -2.25. The second-order valence-corrected chi connectivity index (χ2v) is 5.67. The number of carbonyl (C=O) groups is 1. The van der Waals surface area contributed by atoms with Crippen LogP contribution in [0, 0.1) is 5.82 Å². The Balaban J connectivity index is 1.62. The van der Waals surface area contributed by atoms with Gasteiger partial charge in [0.25, 0.3) is 0 Å². The van der Waals surface area contributed by atoms with Crippen molar-refractivity contribution in [1.82, 2.24) is 10.2 Å². The maximum absolute atomic E-state index is 12.9. The summed E-state index contributed by atoms with van der Waals surface area (Å²) in [4.78, 5) is 13.9. The summed E-state index contributed by atoms with van der Waals surface area (Å²) in [5.41, 5.74) is 0.635. The lowest BCUT2D eigenvalue weighted by Crippen LogP contribution is -2.44. The van der Waals surface area contributed by atoms with Crippen molar-refractivity contribution in [2.75, 3.05) is 6.54 Å². The molecule has 0 aliphatic heterocycles. The Morgan fingerprint density at radius 1 is 1.30 bits per heavy atom. The Bertz CT molecular complexity index is 483. The molecule has 2 fully saturated rings. The molecule has 1 aromatic carbocycles. The predicted octanol–water partition coefficient (Wildman–Crippen LogP) is 2.20. The van der Waals surface area contributed by atoms with Crippen LogP contribution >= 0.6 is 0 Å².